The maximum atomic E-state index is 12.3. The molecule has 0 aliphatic carbocycles. The van der Waals surface area contributed by atoms with Crippen LogP contribution in [-0.4, -0.2) is 35.8 Å². The lowest BCUT2D eigenvalue weighted by Gasteiger charge is -2.19. The van der Waals surface area contributed by atoms with Gasteiger partial charge < -0.3 is 5.73 Å². The van der Waals surface area contributed by atoms with Gasteiger partial charge in [0.25, 0.3) is 10.0 Å². The number of aromatic nitrogens is 1. The molecule has 1 aromatic heterocycles. The first kappa shape index (κ1) is 14.5. The quantitative estimate of drug-likeness (QED) is 0.796. The number of hydrogen-bond donors (Lipinski definition) is 1. The second-order valence-electron chi connectivity index (χ2n) is 3.50. The van der Waals surface area contributed by atoms with Gasteiger partial charge in [-0.2, -0.15) is 4.31 Å². The average Bonchev–Trinajstić information content (AvgIpc) is 2.64. The number of hydrogen-bond acceptors (Lipinski definition) is 5. The molecule has 1 rings (SSSR count). The second kappa shape index (κ2) is 5.85. The van der Waals surface area contributed by atoms with Crippen LogP contribution in [0.1, 0.15) is 18.4 Å². The van der Waals surface area contributed by atoms with Crippen molar-refractivity contribution in [1.29, 1.82) is 0 Å². The lowest BCUT2D eigenvalue weighted by Crippen LogP contribution is -2.37. The molecule has 0 saturated carbocycles. The molecule has 1 heterocycles. The van der Waals surface area contributed by atoms with E-state index in [0.717, 1.165) is 16.3 Å². The predicted molar refractivity (Wildman–Crippen MR) is 72.7 cm³/mol. The van der Waals surface area contributed by atoms with Gasteiger partial charge in [-0.1, -0.05) is 19.1 Å². The molecule has 0 aliphatic heterocycles. The van der Waals surface area contributed by atoms with Crippen LogP contribution in [0.15, 0.2) is 10.4 Å². The Morgan fingerprint density at radius 1 is 1.65 bits per heavy atom. The molecule has 2 N–H and O–H groups in total. The van der Waals surface area contributed by atoms with Gasteiger partial charge in [0.1, 0.15) is 0 Å². The zero-order valence-electron chi connectivity index (χ0n) is 9.71. The molecule has 8 heteroatoms. The van der Waals surface area contributed by atoms with Crippen molar-refractivity contribution in [2.24, 2.45) is 5.73 Å². The highest BCUT2D eigenvalue weighted by Crippen LogP contribution is 2.22. The van der Waals surface area contributed by atoms with Crippen LogP contribution >= 0.6 is 23.6 Å². The van der Waals surface area contributed by atoms with Crippen molar-refractivity contribution in [3.05, 3.63) is 11.2 Å². The smallest absolute Gasteiger partial charge is 0.254 e. The van der Waals surface area contributed by atoms with Crippen molar-refractivity contribution in [1.82, 2.24) is 9.29 Å². The van der Waals surface area contributed by atoms with Crippen molar-refractivity contribution in [3.63, 3.8) is 0 Å². The van der Waals surface area contributed by atoms with E-state index in [4.69, 9.17) is 18.0 Å². The van der Waals surface area contributed by atoms with Gasteiger partial charge in [0, 0.05) is 6.54 Å². The topological polar surface area (TPSA) is 76.3 Å². The van der Waals surface area contributed by atoms with Crippen LogP contribution in [0.2, 0.25) is 0 Å². The highest BCUT2D eigenvalue weighted by molar-refractivity contribution is 7.91. The van der Waals surface area contributed by atoms with Gasteiger partial charge in [0.15, 0.2) is 4.21 Å². The molecule has 5 nitrogen and oxygen atoms in total. The average molecular weight is 293 g/mol. The Balaban J connectivity index is 3.03. The first-order valence-corrected chi connectivity index (χ1v) is 7.75. The first-order chi connectivity index (χ1) is 7.87. The molecule has 0 aliphatic rings. The maximum Gasteiger partial charge on any atom is 0.254 e. The van der Waals surface area contributed by atoms with Crippen LogP contribution in [-0.2, 0) is 10.0 Å². The summed E-state index contributed by atoms with van der Waals surface area (Å²) in [5.74, 6) is 0. The Labute approximate surface area is 111 Å². The van der Waals surface area contributed by atoms with E-state index in [2.05, 4.69) is 4.98 Å². The van der Waals surface area contributed by atoms with E-state index in [1.165, 1.54) is 10.5 Å². The molecule has 1 aromatic rings. The van der Waals surface area contributed by atoms with E-state index in [-0.39, 0.29) is 15.7 Å². The molecule has 17 heavy (non-hydrogen) atoms. The number of nitrogens with two attached hydrogens (primary N) is 1. The Morgan fingerprint density at radius 2 is 2.29 bits per heavy atom. The summed E-state index contributed by atoms with van der Waals surface area (Å²) in [5.41, 5.74) is 5.42. The molecule has 0 saturated heterocycles. The zero-order valence-corrected chi connectivity index (χ0v) is 12.2. The number of thiazole rings is 1. The van der Waals surface area contributed by atoms with Gasteiger partial charge in [-0.3, -0.25) is 0 Å². The van der Waals surface area contributed by atoms with Crippen molar-refractivity contribution >= 4 is 38.6 Å². The number of nitrogens with zero attached hydrogens (tertiary/aromatic N) is 2. The summed E-state index contributed by atoms with van der Waals surface area (Å²) in [4.78, 5) is 4.12. The summed E-state index contributed by atoms with van der Waals surface area (Å²) in [6.45, 7) is 4.14. The summed E-state index contributed by atoms with van der Waals surface area (Å²) in [6, 6.07) is 0. The summed E-state index contributed by atoms with van der Waals surface area (Å²) >= 11 is 5.92. The normalized spacial score (nSPS) is 11.9. The molecule has 0 radical (unpaired) electrons. The Bertz CT molecular complexity index is 495. The van der Waals surface area contributed by atoms with Gasteiger partial charge >= 0.3 is 0 Å². The van der Waals surface area contributed by atoms with E-state index in [1.807, 2.05) is 6.92 Å². The highest BCUT2D eigenvalue weighted by atomic mass is 32.2. The molecule has 0 unspecified atom stereocenters. The van der Waals surface area contributed by atoms with Crippen LogP contribution in [0.4, 0.5) is 0 Å². The van der Waals surface area contributed by atoms with Crippen LogP contribution in [0.25, 0.3) is 0 Å². The minimum Gasteiger partial charge on any atom is -0.392 e. The van der Waals surface area contributed by atoms with Crippen molar-refractivity contribution < 1.29 is 8.42 Å². The van der Waals surface area contributed by atoms with E-state index < -0.39 is 10.0 Å². The van der Waals surface area contributed by atoms with Crippen LogP contribution < -0.4 is 5.73 Å². The van der Waals surface area contributed by atoms with E-state index >= 15 is 0 Å². The monoisotopic (exact) mass is 293 g/mol. The third kappa shape index (κ3) is 3.70. The molecular weight excluding hydrogens is 278 g/mol. The maximum absolute atomic E-state index is 12.3. The Kier molecular flexibility index (Phi) is 4.99. The number of rotatable bonds is 6. The molecule has 0 bridgehead atoms. The molecule has 0 atom stereocenters. The summed E-state index contributed by atoms with van der Waals surface area (Å²) in [5, 5.41) is 0.718. The summed E-state index contributed by atoms with van der Waals surface area (Å²) < 4.78 is 26.0. The molecular formula is C9H15N3O2S3. The highest BCUT2D eigenvalue weighted by Gasteiger charge is 2.26. The van der Waals surface area contributed by atoms with E-state index in [9.17, 15) is 8.42 Å². The fourth-order valence-electron chi connectivity index (χ4n) is 1.30. The Morgan fingerprint density at radius 3 is 2.71 bits per heavy atom. The summed E-state index contributed by atoms with van der Waals surface area (Å²) in [6.07, 6.45) is 2.08. The molecule has 96 valence electrons. The largest absolute Gasteiger partial charge is 0.392 e. The molecule has 0 fully saturated rings. The third-order valence-corrected chi connectivity index (χ3v) is 5.32. The Hall–Kier alpha value is -0.570. The van der Waals surface area contributed by atoms with E-state index in [0.29, 0.717) is 13.0 Å². The standard InChI is InChI=1S/C9H15N3O2S3/c1-3-4-12(6-8(10)15)17(13,14)9-5-11-7(2)16-9/h5H,3-4,6H2,1-2H3,(H2,10,15). The van der Waals surface area contributed by atoms with E-state index in [1.54, 1.807) is 6.92 Å². The lowest BCUT2D eigenvalue weighted by molar-refractivity contribution is 0.451. The van der Waals surface area contributed by atoms with Crippen LogP contribution in [0, 0.1) is 6.92 Å². The lowest BCUT2D eigenvalue weighted by atomic mass is 10.5. The van der Waals surface area contributed by atoms with Crippen molar-refractivity contribution in [2.45, 2.75) is 24.5 Å². The van der Waals surface area contributed by atoms with Gasteiger partial charge in [-0.05, 0) is 13.3 Å². The summed E-state index contributed by atoms with van der Waals surface area (Å²) in [7, 11) is -3.52. The molecule has 0 amide bonds. The third-order valence-electron chi connectivity index (χ3n) is 2.00. The molecule has 0 spiro atoms. The van der Waals surface area contributed by atoms with Crippen LogP contribution in [0.5, 0.6) is 0 Å². The van der Waals surface area contributed by atoms with Crippen LogP contribution in [0.3, 0.4) is 0 Å². The fraction of sp³-hybridized carbons (Fsp3) is 0.556. The van der Waals surface area contributed by atoms with Gasteiger partial charge in [-0.15, -0.1) is 11.3 Å². The second-order valence-corrected chi connectivity index (χ2v) is 7.43. The number of sulfonamides is 1. The minimum absolute atomic E-state index is 0.0719. The van der Waals surface area contributed by atoms with Gasteiger partial charge in [0.05, 0.1) is 22.7 Å². The van der Waals surface area contributed by atoms with Crippen molar-refractivity contribution in [3.8, 4) is 0 Å². The van der Waals surface area contributed by atoms with Gasteiger partial charge in [-0.25, -0.2) is 13.4 Å². The number of aryl methyl sites for hydroxylation is 1. The molecule has 0 aromatic carbocycles. The fourth-order valence-corrected chi connectivity index (χ4v) is 4.31. The van der Waals surface area contributed by atoms with Gasteiger partial charge in [0.2, 0.25) is 0 Å². The minimum atomic E-state index is -3.52. The first-order valence-electron chi connectivity index (χ1n) is 5.08. The predicted octanol–water partition coefficient (Wildman–Crippen LogP) is 1.14. The zero-order chi connectivity index (χ0) is 13.1. The number of thiocarbonyl (C=S) groups is 1. The SMILES string of the molecule is CCCN(CC(N)=S)S(=O)(=O)c1cnc(C)s1. The van der Waals surface area contributed by atoms with Crippen molar-refractivity contribution in [2.75, 3.05) is 13.1 Å².